The van der Waals surface area contributed by atoms with Gasteiger partial charge in [0.15, 0.2) is 5.82 Å². The molecular weight excluding hydrogens is 599 g/mol. The number of piperidine rings is 1. The van der Waals surface area contributed by atoms with E-state index in [-0.39, 0.29) is 23.4 Å². The number of rotatable bonds is 10. The molecule has 0 atom stereocenters. The van der Waals surface area contributed by atoms with Crippen LogP contribution in [-0.2, 0) is 0 Å². The van der Waals surface area contributed by atoms with Crippen molar-refractivity contribution in [3.05, 3.63) is 60.3 Å². The van der Waals surface area contributed by atoms with Crippen molar-refractivity contribution in [2.24, 2.45) is 0 Å². The topological polar surface area (TPSA) is 112 Å². The number of hydrogen-bond acceptors (Lipinski definition) is 9. The van der Waals surface area contributed by atoms with E-state index in [9.17, 15) is 9.90 Å². The molecule has 4 heterocycles. The quantitative estimate of drug-likeness (QED) is 0.251. The molecule has 0 bridgehead atoms. The van der Waals surface area contributed by atoms with E-state index in [0.717, 1.165) is 68.6 Å². The van der Waals surface area contributed by atoms with Gasteiger partial charge in [-0.05, 0) is 90.0 Å². The first kappa shape index (κ1) is 32.8. The van der Waals surface area contributed by atoms with Crippen LogP contribution in [0.2, 0.25) is 0 Å². The largest absolute Gasteiger partial charge is 0.496 e. The zero-order chi connectivity index (χ0) is 33.1. The fourth-order valence-corrected chi connectivity index (χ4v) is 6.87. The second-order valence-electron chi connectivity index (χ2n) is 13.0. The van der Waals surface area contributed by atoms with E-state index in [1.54, 1.807) is 12.3 Å². The first-order valence-corrected chi connectivity index (χ1v) is 16.5. The lowest BCUT2D eigenvalue weighted by atomic mass is 9.93. The summed E-state index contributed by atoms with van der Waals surface area (Å²) in [5, 5.41) is 13.2. The molecule has 250 valence electrons. The van der Waals surface area contributed by atoms with Crippen molar-refractivity contribution in [1.82, 2.24) is 29.3 Å². The summed E-state index contributed by atoms with van der Waals surface area (Å²) in [5.41, 5.74) is 2.97. The van der Waals surface area contributed by atoms with Gasteiger partial charge in [-0.25, -0.2) is 9.37 Å². The highest BCUT2D eigenvalue weighted by Gasteiger charge is 2.28. The normalized spacial score (nSPS) is 19.1. The Kier molecular flexibility index (Phi) is 10.00. The van der Waals surface area contributed by atoms with Crippen LogP contribution < -0.4 is 15.0 Å². The Labute approximate surface area is 275 Å². The number of benzene rings is 1. The van der Waals surface area contributed by atoms with Gasteiger partial charge < -0.3 is 29.1 Å². The van der Waals surface area contributed by atoms with Gasteiger partial charge >= 0.3 is 0 Å². The zero-order valence-corrected chi connectivity index (χ0v) is 27.7. The monoisotopic (exact) mass is 644 g/mol. The zero-order valence-electron chi connectivity index (χ0n) is 27.7. The number of aromatic nitrogens is 4. The van der Waals surface area contributed by atoms with Crippen molar-refractivity contribution >= 4 is 28.6 Å². The molecule has 11 nitrogen and oxygen atoms in total. The fraction of sp³-hybridized carbons (Fsp3) is 0.486. The van der Waals surface area contributed by atoms with E-state index < -0.39 is 11.7 Å². The SMILES string of the molecule is COc1ccncc1-c1nccc(C(=O)Nc2nc3ccc(N4CCC(N(C)CCN(C)C)CC4)cc3n2[C@H]2CC[C@@H](O)CC2)c1F. The van der Waals surface area contributed by atoms with Crippen LogP contribution in [0.1, 0.15) is 54.9 Å². The highest BCUT2D eigenvalue weighted by atomic mass is 19.1. The summed E-state index contributed by atoms with van der Waals surface area (Å²) in [5.74, 6) is -0.622. The number of amides is 1. The minimum atomic E-state index is -0.766. The van der Waals surface area contributed by atoms with Gasteiger partial charge in [0.2, 0.25) is 5.95 Å². The highest BCUT2D eigenvalue weighted by Crippen LogP contribution is 2.37. The Morgan fingerprint density at radius 2 is 1.81 bits per heavy atom. The van der Waals surface area contributed by atoms with Gasteiger partial charge in [0.05, 0.1) is 35.4 Å². The van der Waals surface area contributed by atoms with E-state index in [1.807, 2.05) is 6.07 Å². The van der Waals surface area contributed by atoms with Crippen LogP contribution in [0.25, 0.3) is 22.3 Å². The average Bonchev–Trinajstić information content (AvgIpc) is 3.44. The summed E-state index contributed by atoms with van der Waals surface area (Å²) in [4.78, 5) is 33.9. The predicted octanol–water partition coefficient (Wildman–Crippen LogP) is 4.83. The Balaban J connectivity index is 1.28. The first-order chi connectivity index (χ1) is 22.7. The molecule has 12 heteroatoms. The van der Waals surface area contributed by atoms with Gasteiger partial charge in [-0.3, -0.25) is 20.1 Å². The number of pyridine rings is 2. The molecular formula is C35H45FN8O3. The van der Waals surface area contributed by atoms with Gasteiger partial charge in [-0.2, -0.15) is 0 Å². The molecule has 0 spiro atoms. The molecule has 1 aliphatic carbocycles. The van der Waals surface area contributed by atoms with Gasteiger partial charge in [0, 0.05) is 62.5 Å². The lowest BCUT2D eigenvalue weighted by Crippen LogP contribution is -2.45. The highest BCUT2D eigenvalue weighted by molar-refractivity contribution is 6.05. The van der Waals surface area contributed by atoms with Crippen molar-refractivity contribution in [3.63, 3.8) is 0 Å². The maximum absolute atomic E-state index is 15.9. The number of ether oxygens (including phenoxy) is 1. The summed E-state index contributed by atoms with van der Waals surface area (Å²) in [7, 11) is 7.93. The Hall–Kier alpha value is -4.13. The smallest absolute Gasteiger partial charge is 0.261 e. The van der Waals surface area contributed by atoms with Crippen LogP contribution in [0.4, 0.5) is 16.0 Å². The average molecular weight is 645 g/mol. The second-order valence-corrected chi connectivity index (χ2v) is 13.0. The summed E-state index contributed by atoms with van der Waals surface area (Å²) >= 11 is 0. The van der Waals surface area contributed by atoms with Gasteiger partial charge in [0.1, 0.15) is 11.4 Å². The van der Waals surface area contributed by atoms with Crippen LogP contribution in [0.15, 0.2) is 48.9 Å². The van der Waals surface area contributed by atoms with E-state index in [1.165, 1.54) is 25.6 Å². The van der Waals surface area contributed by atoms with Gasteiger partial charge in [-0.15, -0.1) is 0 Å². The molecule has 1 amide bonds. The molecule has 1 saturated heterocycles. The second kappa shape index (κ2) is 14.3. The van der Waals surface area contributed by atoms with Crippen LogP contribution in [0.3, 0.4) is 0 Å². The third-order valence-corrected chi connectivity index (χ3v) is 9.67. The summed E-state index contributed by atoms with van der Waals surface area (Å²) in [6, 6.07) is 9.84. The number of anilines is 2. The standard InChI is InChI=1S/C35H45FN8O3/c1-41(2)19-20-42(3)23-13-17-43(18-14-23)25-7-10-29-30(21-25)44(24-5-8-26(45)9-6-24)35(39-29)40-34(46)27-11-16-38-33(32(27)36)28-22-37-15-12-31(28)47-4/h7,10-12,15-16,21-24,26,45H,5-6,8-9,13-14,17-20H2,1-4H3,(H,39,40,46)/t24-,26+. The first-order valence-electron chi connectivity index (χ1n) is 16.5. The molecule has 1 aliphatic heterocycles. The minimum absolute atomic E-state index is 0.0188. The van der Waals surface area contributed by atoms with Crippen LogP contribution in [0, 0.1) is 5.82 Å². The number of aliphatic hydroxyl groups excluding tert-OH is 1. The lowest BCUT2D eigenvalue weighted by Gasteiger charge is -2.38. The summed E-state index contributed by atoms with van der Waals surface area (Å²) in [6.07, 6.45) is 9.10. The number of halogens is 1. The van der Waals surface area contributed by atoms with Crippen LogP contribution in [-0.4, -0.2) is 107 Å². The van der Waals surface area contributed by atoms with Crippen LogP contribution >= 0.6 is 0 Å². The number of nitrogens with one attached hydrogen (secondary N) is 1. The van der Waals surface area contributed by atoms with E-state index in [2.05, 4.69) is 67.8 Å². The molecule has 2 aliphatic rings. The molecule has 2 fully saturated rings. The molecule has 2 N–H and O–H groups in total. The predicted molar refractivity (Wildman–Crippen MR) is 182 cm³/mol. The van der Waals surface area contributed by atoms with Crippen LogP contribution in [0.5, 0.6) is 5.75 Å². The number of methoxy groups -OCH3 is 1. The Morgan fingerprint density at radius 1 is 1.04 bits per heavy atom. The maximum Gasteiger partial charge on any atom is 0.261 e. The summed E-state index contributed by atoms with van der Waals surface area (Å²) < 4.78 is 23.3. The number of imidazole rings is 1. The lowest BCUT2D eigenvalue weighted by molar-refractivity contribution is 0.101. The molecule has 3 aromatic heterocycles. The maximum atomic E-state index is 15.9. The van der Waals surface area contributed by atoms with E-state index >= 15 is 4.39 Å². The van der Waals surface area contributed by atoms with Crippen molar-refractivity contribution in [2.75, 3.05) is 64.6 Å². The Bertz CT molecular complexity index is 1700. The van der Waals surface area contributed by atoms with E-state index in [4.69, 9.17) is 9.72 Å². The molecule has 1 aromatic carbocycles. The van der Waals surface area contributed by atoms with Gasteiger partial charge in [-0.1, -0.05) is 0 Å². The number of nitrogens with zero attached hydrogens (tertiary/aromatic N) is 7. The van der Waals surface area contributed by atoms with E-state index in [0.29, 0.717) is 36.1 Å². The molecule has 1 saturated carbocycles. The number of likely N-dealkylation sites (N-methyl/N-ethyl adjacent to an activating group) is 2. The number of carbonyl (C=O) groups is 1. The molecule has 6 rings (SSSR count). The molecule has 47 heavy (non-hydrogen) atoms. The van der Waals surface area contributed by atoms with Crippen molar-refractivity contribution in [3.8, 4) is 17.0 Å². The number of hydrogen-bond donors (Lipinski definition) is 2. The molecule has 0 unspecified atom stereocenters. The minimum Gasteiger partial charge on any atom is -0.496 e. The number of carbonyl (C=O) groups excluding carboxylic acids is 1. The van der Waals surface area contributed by atoms with Crippen molar-refractivity contribution < 1.29 is 19.0 Å². The number of fused-ring (bicyclic) bond motifs is 1. The summed E-state index contributed by atoms with van der Waals surface area (Å²) in [6.45, 7) is 4.01. The Morgan fingerprint density at radius 3 is 2.53 bits per heavy atom. The third kappa shape index (κ3) is 7.09. The third-order valence-electron chi connectivity index (χ3n) is 9.67. The molecule has 4 aromatic rings. The van der Waals surface area contributed by atoms with Crippen molar-refractivity contribution in [2.45, 2.75) is 56.7 Å². The number of aliphatic hydroxyl groups is 1. The molecule has 0 radical (unpaired) electrons. The fourth-order valence-electron chi connectivity index (χ4n) is 6.87. The van der Waals surface area contributed by atoms with Gasteiger partial charge in [0.25, 0.3) is 5.91 Å². The van der Waals surface area contributed by atoms with Crippen molar-refractivity contribution in [1.29, 1.82) is 0 Å².